The molecule has 2 aliphatic rings. The maximum absolute atomic E-state index is 12.9. The number of carbonyl (C=O) groups is 3. The summed E-state index contributed by atoms with van der Waals surface area (Å²) >= 11 is 0. The second-order valence-corrected chi connectivity index (χ2v) is 7.04. The summed E-state index contributed by atoms with van der Waals surface area (Å²) in [5, 5.41) is 2.82. The van der Waals surface area contributed by atoms with Crippen LogP contribution in [0.5, 0.6) is 0 Å². The van der Waals surface area contributed by atoms with Crippen LogP contribution in [-0.2, 0) is 9.59 Å². The second-order valence-electron chi connectivity index (χ2n) is 7.04. The molecule has 0 saturated carbocycles. The van der Waals surface area contributed by atoms with Crippen molar-refractivity contribution < 1.29 is 14.4 Å². The van der Waals surface area contributed by atoms with Crippen molar-refractivity contribution in [2.75, 3.05) is 10.2 Å². The molecule has 0 bridgehead atoms. The minimum Gasteiger partial charge on any atom is -0.322 e. The van der Waals surface area contributed by atoms with Crippen LogP contribution >= 0.6 is 0 Å². The maximum Gasteiger partial charge on any atom is 0.255 e. The summed E-state index contributed by atoms with van der Waals surface area (Å²) in [6, 6.07) is 15.8. The second kappa shape index (κ2) is 6.83. The van der Waals surface area contributed by atoms with Crippen molar-refractivity contribution in [1.82, 2.24) is 0 Å². The number of hydrogen-bond donors (Lipinski definition) is 1. The lowest BCUT2D eigenvalue weighted by Crippen LogP contribution is -2.31. The number of benzene rings is 2. The van der Waals surface area contributed by atoms with Gasteiger partial charge in [0, 0.05) is 11.3 Å². The van der Waals surface area contributed by atoms with Gasteiger partial charge in [-0.2, -0.15) is 0 Å². The molecule has 27 heavy (non-hydrogen) atoms. The predicted molar refractivity (Wildman–Crippen MR) is 103 cm³/mol. The van der Waals surface area contributed by atoms with Crippen molar-refractivity contribution in [2.45, 2.75) is 13.3 Å². The van der Waals surface area contributed by atoms with Gasteiger partial charge in [-0.15, -0.1) is 0 Å². The largest absolute Gasteiger partial charge is 0.322 e. The van der Waals surface area contributed by atoms with Crippen molar-refractivity contribution in [3.05, 3.63) is 72.3 Å². The van der Waals surface area contributed by atoms with E-state index in [1.807, 2.05) is 25.1 Å². The molecule has 1 heterocycles. The van der Waals surface area contributed by atoms with Crippen molar-refractivity contribution in [1.29, 1.82) is 0 Å². The highest BCUT2D eigenvalue weighted by Crippen LogP contribution is 2.40. The Morgan fingerprint density at radius 1 is 1.04 bits per heavy atom. The van der Waals surface area contributed by atoms with Crippen LogP contribution in [0.15, 0.2) is 66.7 Å². The van der Waals surface area contributed by atoms with Gasteiger partial charge in [0.15, 0.2) is 0 Å². The molecule has 0 radical (unpaired) electrons. The zero-order chi connectivity index (χ0) is 19.0. The molecule has 1 fully saturated rings. The Labute approximate surface area is 157 Å². The van der Waals surface area contributed by atoms with Crippen LogP contribution < -0.4 is 10.2 Å². The molecular weight excluding hydrogens is 340 g/mol. The normalized spacial score (nSPS) is 24.0. The summed E-state index contributed by atoms with van der Waals surface area (Å²) in [6.45, 7) is 1.97. The topological polar surface area (TPSA) is 66.5 Å². The summed E-state index contributed by atoms with van der Waals surface area (Å²) in [5.74, 6) is -1.10. The van der Waals surface area contributed by atoms with E-state index < -0.39 is 0 Å². The van der Waals surface area contributed by atoms with E-state index in [9.17, 15) is 14.4 Å². The third-order valence-corrected chi connectivity index (χ3v) is 5.27. The Balaban J connectivity index is 1.59. The first-order chi connectivity index (χ1) is 13.1. The summed E-state index contributed by atoms with van der Waals surface area (Å²) < 4.78 is 0. The van der Waals surface area contributed by atoms with Crippen molar-refractivity contribution >= 4 is 29.1 Å². The van der Waals surface area contributed by atoms with Gasteiger partial charge in [-0.25, -0.2) is 4.90 Å². The zero-order valence-electron chi connectivity index (χ0n) is 15.0. The fourth-order valence-electron chi connectivity index (χ4n) is 3.92. The third-order valence-electron chi connectivity index (χ3n) is 5.27. The van der Waals surface area contributed by atoms with Crippen molar-refractivity contribution in [3.8, 4) is 0 Å². The highest BCUT2D eigenvalue weighted by molar-refractivity contribution is 6.22. The van der Waals surface area contributed by atoms with Gasteiger partial charge in [0.2, 0.25) is 11.8 Å². The first-order valence-corrected chi connectivity index (χ1v) is 9.07. The monoisotopic (exact) mass is 360 g/mol. The van der Waals surface area contributed by atoms with E-state index in [0.717, 1.165) is 0 Å². The van der Waals surface area contributed by atoms with Crippen LogP contribution in [0.4, 0.5) is 11.4 Å². The van der Waals surface area contributed by atoms with Crippen LogP contribution in [0.25, 0.3) is 0 Å². The number of rotatable bonds is 3. The first-order valence-electron chi connectivity index (χ1n) is 9.07. The van der Waals surface area contributed by atoms with E-state index in [1.165, 1.54) is 4.90 Å². The minimum absolute atomic E-state index is 0.0474. The maximum atomic E-state index is 12.9. The number of nitrogens with one attached hydrogen (secondary N) is 1. The molecule has 1 aliphatic carbocycles. The molecule has 3 amide bonds. The van der Waals surface area contributed by atoms with Gasteiger partial charge in [0.25, 0.3) is 5.91 Å². The Morgan fingerprint density at radius 3 is 2.56 bits per heavy atom. The predicted octanol–water partition coefficient (Wildman–Crippen LogP) is 3.64. The molecule has 1 saturated heterocycles. The standard InChI is InChI=1S/C22H20N2O3/c1-14-7-5-12-18-19(14)22(27)24(21(18)26)17-11-6-10-16(13-17)23-20(25)15-8-3-2-4-9-15/h2-11,13-14,18-19H,12H2,1H3,(H,23,25)/t14-,18-,19+/m0/s1. The molecule has 0 unspecified atom stereocenters. The Hall–Kier alpha value is -3.21. The van der Waals surface area contributed by atoms with Crippen molar-refractivity contribution in [3.63, 3.8) is 0 Å². The number of anilines is 2. The summed E-state index contributed by atoms with van der Waals surface area (Å²) in [7, 11) is 0. The molecule has 2 aromatic rings. The molecule has 5 heteroatoms. The van der Waals surface area contributed by atoms with E-state index in [0.29, 0.717) is 23.4 Å². The van der Waals surface area contributed by atoms with Gasteiger partial charge in [0.1, 0.15) is 0 Å². The van der Waals surface area contributed by atoms with Gasteiger partial charge in [0.05, 0.1) is 17.5 Å². The number of amides is 3. The van der Waals surface area contributed by atoms with Gasteiger partial charge in [-0.1, -0.05) is 43.3 Å². The lowest BCUT2D eigenvalue weighted by Gasteiger charge is -2.22. The third kappa shape index (κ3) is 3.05. The Morgan fingerprint density at radius 2 is 1.81 bits per heavy atom. The van der Waals surface area contributed by atoms with E-state index in [-0.39, 0.29) is 35.5 Å². The number of nitrogens with zero attached hydrogens (tertiary/aromatic N) is 1. The number of carbonyl (C=O) groups excluding carboxylic acids is 3. The number of fused-ring (bicyclic) bond motifs is 1. The number of allylic oxidation sites excluding steroid dienone is 2. The minimum atomic E-state index is -0.301. The van der Waals surface area contributed by atoms with Crippen molar-refractivity contribution in [2.24, 2.45) is 17.8 Å². The van der Waals surface area contributed by atoms with Gasteiger partial charge >= 0.3 is 0 Å². The number of imide groups is 1. The van der Waals surface area contributed by atoms with E-state index >= 15 is 0 Å². The van der Waals surface area contributed by atoms with E-state index in [4.69, 9.17) is 0 Å². The average Bonchev–Trinajstić information content (AvgIpc) is 2.94. The summed E-state index contributed by atoms with van der Waals surface area (Å²) in [6.07, 6.45) is 4.59. The smallest absolute Gasteiger partial charge is 0.255 e. The zero-order valence-corrected chi connectivity index (χ0v) is 15.0. The Bertz CT molecular complexity index is 936. The molecule has 1 N–H and O–H groups in total. The molecule has 2 aromatic carbocycles. The molecule has 1 aliphatic heterocycles. The van der Waals surface area contributed by atoms with E-state index in [1.54, 1.807) is 48.5 Å². The molecule has 0 spiro atoms. The van der Waals surface area contributed by atoms with Gasteiger partial charge in [-0.05, 0) is 42.7 Å². The quantitative estimate of drug-likeness (QED) is 0.671. The van der Waals surface area contributed by atoms with Gasteiger partial charge in [-0.3, -0.25) is 14.4 Å². The Kier molecular flexibility index (Phi) is 4.36. The fraction of sp³-hybridized carbons (Fsp3) is 0.227. The lowest BCUT2D eigenvalue weighted by molar-refractivity contribution is -0.122. The van der Waals surface area contributed by atoms with Crippen LogP contribution in [-0.4, -0.2) is 17.7 Å². The highest BCUT2D eigenvalue weighted by atomic mass is 16.2. The van der Waals surface area contributed by atoms with E-state index in [2.05, 4.69) is 5.32 Å². The first kappa shape index (κ1) is 17.2. The summed E-state index contributed by atoms with van der Waals surface area (Å²) in [5.41, 5.74) is 1.59. The summed E-state index contributed by atoms with van der Waals surface area (Å²) in [4.78, 5) is 39.4. The van der Waals surface area contributed by atoms with Crippen LogP contribution in [0.3, 0.4) is 0 Å². The molecule has 4 rings (SSSR count). The van der Waals surface area contributed by atoms with Crippen LogP contribution in [0, 0.1) is 17.8 Å². The highest BCUT2D eigenvalue weighted by Gasteiger charge is 2.50. The average molecular weight is 360 g/mol. The molecule has 5 nitrogen and oxygen atoms in total. The molecule has 0 aromatic heterocycles. The molecule has 3 atom stereocenters. The van der Waals surface area contributed by atoms with Crippen LogP contribution in [0.1, 0.15) is 23.7 Å². The van der Waals surface area contributed by atoms with Gasteiger partial charge < -0.3 is 5.32 Å². The molecule has 136 valence electrons. The fourth-order valence-corrected chi connectivity index (χ4v) is 3.92. The number of hydrogen-bond acceptors (Lipinski definition) is 3. The SMILES string of the molecule is C[C@H]1C=CC[C@@H]2C(=O)N(c3cccc(NC(=O)c4ccccc4)c3)C(=O)[C@@H]21. The molecular formula is C22H20N2O3. The van der Waals surface area contributed by atoms with Crippen LogP contribution in [0.2, 0.25) is 0 Å². The lowest BCUT2D eigenvalue weighted by atomic mass is 9.78.